The minimum absolute atomic E-state index is 0.108. The van der Waals surface area contributed by atoms with Crippen molar-refractivity contribution in [2.24, 2.45) is 0 Å². The predicted octanol–water partition coefficient (Wildman–Crippen LogP) is 2.85. The number of aromatic nitrogens is 5. The minimum Gasteiger partial charge on any atom is -0.432 e. The van der Waals surface area contributed by atoms with Crippen LogP contribution >= 0.6 is 11.6 Å². The largest absolute Gasteiger partial charge is 0.432 e. The molecule has 9 nitrogen and oxygen atoms in total. The highest BCUT2D eigenvalue weighted by Crippen LogP contribution is 2.35. The summed E-state index contributed by atoms with van der Waals surface area (Å²) in [6, 6.07) is 4.96. The van der Waals surface area contributed by atoms with Crippen molar-refractivity contribution in [3.05, 3.63) is 70.2 Å². The molecule has 4 aromatic heterocycles. The van der Waals surface area contributed by atoms with Gasteiger partial charge in [0.25, 0.3) is 5.91 Å². The van der Waals surface area contributed by atoms with Gasteiger partial charge in [-0.1, -0.05) is 11.6 Å². The van der Waals surface area contributed by atoms with E-state index in [-0.39, 0.29) is 17.6 Å². The molecular weight excluding hydrogens is 408 g/mol. The number of oxazole rings is 1. The fraction of sp³-hybridized carbons (Fsp3) is 0.300. The molecule has 0 saturated carbocycles. The van der Waals surface area contributed by atoms with Gasteiger partial charge in [0.15, 0.2) is 0 Å². The van der Waals surface area contributed by atoms with Crippen LogP contribution in [0.4, 0.5) is 0 Å². The van der Waals surface area contributed by atoms with E-state index in [2.05, 4.69) is 20.1 Å². The van der Waals surface area contributed by atoms with Crippen molar-refractivity contribution < 1.29 is 14.3 Å². The number of hydrogen-bond acceptors (Lipinski definition) is 6. The number of fused-ring (bicyclic) bond motifs is 2. The van der Waals surface area contributed by atoms with Crippen LogP contribution in [-0.4, -0.2) is 47.0 Å². The third-order valence-corrected chi connectivity index (χ3v) is 5.62. The monoisotopic (exact) mass is 426 g/mol. The van der Waals surface area contributed by atoms with Crippen LogP contribution < -0.4 is 0 Å². The summed E-state index contributed by atoms with van der Waals surface area (Å²) in [6.07, 6.45) is 3.16. The number of hydrogen-bond donors (Lipinski definition) is 2. The van der Waals surface area contributed by atoms with Crippen LogP contribution in [0.5, 0.6) is 0 Å². The highest BCUT2D eigenvalue weighted by atomic mass is 35.5. The summed E-state index contributed by atoms with van der Waals surface area (Å²) >= 11 is 6.33. The Hall–Kier alpha value is -3.17. The van der Waals surface area contributed by atoms with E-state index in [1.807, 2.05) is 12.1 Å². The molecule has 2 atom stereocenters. The molecule has 154 valence electrons. The van der Waals surface area contributed by atoms with Crippen molar-refractivity contribution in [2.45, 2.75) is 32.4 Å². The number of carbonyl (C=O) groups is 1. The van der Waals surface area contributed by atoms with Gasteiger partial charge in [0.05, 0.1) is 33.9 Å². The Kier molecular flexibility index (Phi) is 4.37. The maximum absolute atomic E-state index is 13.5. The van der Waals surface area contributed by atoms with E-state index in [1.165, 1.54) is 0 Å². The Balaban J connectivity index is 1.62. The number of amides is 1. The van der Waals surface area contributed by atoms with Gasteiger partial charge >= 0.3 is 0 Å². The first-order valence-corrected chi connectivity index (χ1v) is 9.94. The Bertz CT molecular complexity index is 1260. The Labute approximate surface area is 176 Å². The van der Waals surface area contributed by atoms with Crippen LogP contribution in [0.1, 0.15) is 58.3 Å². The third kappa shape index (κ3) is 2.89. The van der Waals surface area contributed by atoms with Crippen molar-refractivity contribution in [3.63, 3.8) is 0 Å². The van der Waals surface area contributed by atoms with Crippen LogP contribution in [0.2, 0.25) is 5.02 Å². The number of imidazole rings is 1. The summed E-state index contributed by atoms with van der Waals surface area (Å²) < 4.78 is 7.28. The van der Waals surface area contributed by atoms with Crippen LogP contribution in [0.3, 0.4) is 0 Å². The number of pyridine rings is 1. The maximum Gasteiger partial charge on any atom is 0.292 e. The molecule has 1 aliphatic rings. The summed E-state index contributed by atoms with van der Waals surface area (Å²) in [5.74, 6) is -0.102. The van der Waals surface area contributed by atoms with E-state index in [1.54, 1.807) is 41.9 Å². The van der Waals surface area contributed by atoms with Gasteiger partial charge in [-0.25, -0.2) is 14.5 Å². The van der Waals surface area contributed by atoms with Crippen LogP contribution in [-0.2, 0) is 6.42 Å². The van der Waals surface area contributed by atoms with Crippen LogP contribution in [0.25, 0.3) is 5.52 Å². The molecule has 0 unspecified atom stereocenters. The predicted molar refractivity (Wildman–Crippen MR) is 107 cm³/mol. The van der Waals surface area contributed by atoms with Gasteiger partial charge in [-0.15, -0.1) is 0 Å². The molecule has 0 bridgehead atoms. The second kappa shape index (κ2) is 6.96. The molecular formula is C20H19ClN6O3. The molecule has 0 fully saturated rings. The number of aliphatic hydroxyl groups is 1. The Morgan fingerprint density at radius 1 is 1.47 bits per heavy atom. The summed E-state index contributed by atoms with van der Waals surface area (Å²) in [7, 11) is 0. The lowest BCUT2D eigenvalue weighted by molar-refractivity contribution is 0.0644. The molecule has 0 spiro atoms. The van der Waals surface area contributed by atoms with E-state index < -0.39 is 12.1 Å². The lowest BCUT2D eigenvalue weighted by atomic mass is 9.99. The lowest BCUT2D eigenvalue weighted by Gasteiger charge is -2.33. The number of aliphatic hydroxyl groups excluding tert-OH is 1. The molecule has 0 aliphatic carbocycles. The van der Waals surface area contributed by atoms with Gasteiger partial charge in [0, 0.05) is 24.9 Å². The van der Waals surface area contributed by atoms with E-state index in [9.17, 15) is 9.90 Å². The third-order valence-electron chi connectivity index (χ3n) is 5.30. The topological polar surface area (TPSA) is 113 Å². The maximum atomic E-state index is 13.5. The highest BCUT2D eigenvalue weighted by Gasteiger charge is 2.38. The summed E-state index contributed by atoms with van der Waals surface area (Å²) in [4.78, 5) is 27.0. The second-order valence-electron chi connectivity index (χ2n) is 7.32. The number of nitrogens with zero attached hydrogens (tertiary/aromatic N) is 5. The number of aromatic amines is 1. The van der Waals surface area contributed by atoms with Crippen molar-refractivity contribution >= 4 is 23.0 Å². The number of rotatable bonds is 3. The minimum atomic E-state index is -0.902. The van der Waals surface area contributed by atoms with Gasteiger partial charge in [-0.2, -0.15) is 5.10 Å². The van der Waals surface area contributed by atoms with Gasteiger partial charge in [0.2, 0.25) is 11.7 Å². The Morgan fingerprint density at radius 2 is 2.30 bits per heavy atom. The van der Waals surface area contributed by atoms with E-state index in [0.29, 0.717) is 29.4 Å². The summed E-state index contributed by atoms with van der Waals surface area (Å²) in [5, 5.41) is 15.0. The first-order valence-electron chi connectivity index (χ1n) is 9.56. The molecule has 0 radical (unpaired) electrons. The average Bonchev–Trinajstić information content (AvgIpc) is 3.44. The highest BCUT2D eigenvalue weighted by molar-refractivity contribution is 6.33. The normalized spacial score (nSPS) is 17.3. The first-order chi connectivity index (χ1) is 14.4. The molecule has 5 heterocycles. The van der Waals surface area contributed by atoms with E-state index in [0.717, 1.165) is 16.9 Å². The van der Waals surface area contributed by atoms with Crippen molar-refractivity contribution in [1.29, 1.82) is 0 Å². The smallest absolute Gasteiger partial charge is 0.292 e. The molecule has 2 N–H and O–H groups in total. The van der Waals surface area contributed by atoms with Gasteiger partial charge in [-0.05, 0) is 32.0 Å². The van der Waals surface area contributed by atoms with E-state index in [4.69, 9.17) is 16.0 Å². The number of carbonyl (C=O) groups excluding carboxylic acids is 1. The van der Waals surface area contributed by atoms with Gasteiger partial charge in [0.1, 0.15) is 12.1 Å². The fourth-order valence-corrected chi connectivity index (χ4v) is 4.07. The lowest BCUT2D eigenvalue weighted by Crippen LogP contribution is -2.41. The number of H-pyrrole nitrogens is 1. The summed E-state index contributed by atoms with van der Waals surface area (Å²) in [6.45, 7) is 3.68. The van der Waals surface area contributed by atoms with Crippen molar-refractivity contribution in [2.75, 3.05) is 6.54 Å². The molecule has 5 rings (SSSR count). The Morgan fingerprint density at radius 3 is 3.03 bits per heavy atom. The SMILES string of the molecule is Cc1nc([C@H](C)O)oc1C(=O)N1CCc2[nH]cnc2[C@H]1c1cc2c(Cl)cccn2n1. The van der Waals surface area contributed by atoms with Crippen molar-refractivity contribution in [1.82, 2.24) is 29.5 Å². The summed E-state index contributed by atoms with van der Waals surface area (Å²) in [5.41, 5.74) is 3.53. The first kappa shape index (κ1) is 18.8. The molecule has 4 aromatic rings. The molecule has 1 aliphatic heterocycles. The van der Waals surface area contributed by atoms with Gasteiger partial charge < -0.3 is 19.4 Å². The fourth-order valence-electron chi connectivity index (χ4n) is 3.85. The molecule has 1 amide bonds. The number of nitrogens with one attached hydrogen (secondary N) is 1. The molecule has 0 saturated heterocycles. The zero-order valence-electron chi connectivity index (χ0n) is 16.3. The van der Waals surface area contributed by atoms with Crippen LogP contribution in [0, 0.1) is 6.92 Å². The standard InChI is InChI=1S/C20H19ClN6O3/c1-10-18(30-19(24-10)11(2)28)20(29)26-7-5-13-16(23-9-22-13)17(26)14-8-15-12(21)4-3-6-27(15)25-14/h3-4,6,8-9,11,17,28H,5,7H2,1-2H3,(H,22,23)/t11-,17+/m0/s1. The van der Waals surface area contributed by atoms with Crippen molar-refractivity contribution in [3.8, 4) is 0 Å². The van der Waals surface area contributed by atoms with E-state index >= 15 is 0 Å². The zero-order chi connectivity index (χ0) is 21.0. The van der Waals surface area contributed by atoms with Gasteiger partial charge in [-0.3, -0.25) is 4.79 Å². The number of halogens is 1. The quantitative estimate of drug-likeness (QED) is 0.521. The average molecular weight is 427 g/mol. The number of aryl methyl sites for hydroxylation is 1. The second-order valence-corrected chi connectivity index (χ2v) is 7.72. The molecule has 30 heavy (non-hydrogen) atoms. The molecule has 10 heteroatoms. The van der Waals surface area contributed by atoms with Crippen LogP contribution in [0.15, 0.2) is 35.1 Å². The molecule has 0 aromatic carbocycles. The zero-order valence-corrected chi connectivity index (χ0v) is 17.1.